The molecule has 5 nitrogen and oxygen atoms in total. The number of hydrogen-bond acceptors (Lipinski definition) is 4. The molecule has 2 aliphatic rings. The molecule has 4 rings (SSSR count). The van der Waals surface area contributed by atoms with Crippen LogP contribution in [0.25, 0.3) is 0 Å². The first kappa shape index (κ1) is 18.5. The van der Waals surface area contributed by atoms with E-state index in [2.05, 4.69) is 14.8 Å². The Labute approximate surface area is 163 Å². The van der Waals surface area contributed by atoms with Gasteiger partial charge in [-0.3, -0.25) is 4.79 Å². The smallest absolute Gasteiger partial charge is 0.233 e. The highest BCUT2D eigenvalue weighted by Gasteiger charge is 2.28. The SMILES string of the molecule is O=C(CSc1nncn1C1CC1)N(Cc1ccc(F)cc1)C1CCCCC1. The van der Waals surface area contributed by atoms with E-state index in [1.54, 1.807) is 18.5 Å². The largest absolute Gasteiger partial charge is 0.335 e. The summed E-state index contributed by atoms with van der Waals surface area (Å²) in [5, 5.41) is 9.01. The number of carbonyl (C=O) groups is 1. The average molecular weight is 389 g/mol. The van der Waals surface area contributed by atoms with Gasteiger partial charge in [0.05, 0.1) is 5.75 Å². The lowest BCUT2D eigenvalue weighted by molar-refractivity contribution is -0.132. The quantitative estimate of drug-likeness (QED) is 0.667. The molecule has 1 amide bonds. The molecule has 0 radical (unpaired) electrons. The van der Waals surface area contributed by atoms with Crippen LogP contribution in [0.15, 0.2) is 35.7 Å². The van der Waals surface area contributed by atoms with E-state index in [1.807, 2.05) is 4.90 Å². The van der Waals surface area contributed by atoms with Crippen molar-refractivity contribution >= 4 is 17.7 Å². The second-order valence-electron chi connectivity index (χ2n) is 7.48. The minimum atomic E-state index is -0.246. The first-order chi connectivity index (χ1) is 13.2. The molecule has 144 valence electrons. The zero-order chi connectivity index (χ0) is 18.6. The van der Waals surface area contributed by atoms with Gasteiger partial charge in [0, 0.05) is 18.6 Å². The van der Waals surface area contributed by atoms with Crippen molar-refractivity contribution in [2.75, 3.05) is 5.75 Å². The lowest BCUT2D eigenvalue weighted by Crippen LogP contribution is -2.42. The summed E-state index contributed by atoms with van der Waals surface area (Å²) in [6.07, 6.45) is 9.78. The number of aromatic nitrogens is 3. The van der Waals surface area contributed by atoms with E-state index in [-0.39, 0.29) is 17.8 Å². The molecule has 2 saturated carbocycles. The maximum atomic E-state index is 13.2. The van der Waals surface area contributed by atoms with E-state index in [4.69, 9.17) is 0 Å². The molecule has 2 aliphatic carbocycles. The van der Waals surface area contributed by atoms with Gasteiger partial charge in [0.15, 0.2) is 5.16 Å². The standard InChI is InChI=1S/C20H25FN4OS/c21-16-8-6-15(7-9-16)12-24(17-4-2-1-3-5-17)19(26)13-27-20-23-22-14-25(20)18-10-11-18/h6-9,14,17-18H,1-5,10-13H2. The lowest BCUT2D eigenvalue weighted by atomic mass is 9.94. The van der Waals surface area contributed by atoms with Crippen LogP contribution < -0.4 is 0 Å². The van der Waals surface area contributed by atoms with E-state index in [1.165, 1.54) is 43.2 Å². The Morgan fingerprint density at radius 1 is 1.15 bits per heavy atom. The van der Waals surface area contributed by atoms with Gasteiger partial charge in [-0.1, -0.05) is 43.2 Å². The fourth-order valence-electron chi connectivity index (χ4n) is 3.75. The maximum Gasteiger partial charge on any atom is 0.233 e. The van der Waals surface area contributed by atoms with Gasteiger partial charge < -0.3 is 9.47 Å². The van der Waals surface area contributed by atoms with Gasteiger partial charge in [0.2, 0.25) is 5.91 Å². The van der Waals surface area contributed by atoms with Crippen LogP contribution in [0.5, 0.6) is 0 Å². The molecule has 2 fully saturated rings. The number of halogens is 1. The molecule has 1 aromatic heterocycles. The molecule has 0 unspecified atom stereocenters. The zero-order valence-corrected chi connectivity index (χ0v) is 16.2. The van der Waals surface area contributed by atoms with Gasteiger partial charge in [0.25, 0.3) is 0 Å². The van der Waals surface area contributed by atoms with Crippen molar-refractivity contribution in [1.29, 1.82) is 0 Å². The minimum Gasteiger partial charge on any atom is -0.335 e. The third-order valence-electron chi connectivity index (χ3n) is 5.41. The van der Waals surface area contributed by atoms with Crippen LogP contribution in [0, 0.1) is 5.82 Å². The number of carbonyl (C=O) groups excluding carboxylic acids is 1. The third-order valence-corrected chi connectivity index (χ3v) is 6.35. The van der Waals surface area contributed by atoms with Crippen molar-refractivity contribution in [3.05, 3.63) is 42.0 Å². The molecule has 0 atom stereocenters. The van der Waals surface area contributed by atoms with Crippen LogP contribution in [0.3, 0.4) is 0 Å². The Bertz CT molecular complexity index is 769. The number of nitrogens with zero attached hydrogens (tertiary/aromatic N) is 4. The van der Waals surface area contributed by atoms with Gasteiger partial charge >= 0.3 is 0 Å². The van der Waals surface area contributed by atoms with Gasteiger partial charge in [-0.05, 0) is 43.4 Å². The van der Waals surface area contributed by atoms with Gasteiger partial charge in [-0.25, -0.2) is 4.39 Å². The molecule has 1 aromatic carbocycles. The van der Waals surface area contributed by atoms with E-state index in [0.717, 1.165) is 36.4 Å². The van der Waals surface area contributed by atoms with Crippen molar-refractivity contribution in [2.24, 2.45) is 0 Å². The number of thioether (sulfide) groups is 1. The highest BCUT2D eigenvalue weighted by Crippen LogP contribution is 2.37. The van der Waals surface area contributed by atoms with E-state index >= 15 is 0 Å². The number of amides is 1. The summed E-state index contributed by atoms with van der Waals surface area (Å²) in [6, 6.07) is 7.26. The van der Waals surface area contributed by atoms with Crippen LogP contribution in [0.1, 0.15) is 56.6 Å². The number of hydrogen-bond donors (Lipinski definition) is 0. The predicted molar refractivity (Wildman–Crippen MR) is 103 cm³/mol. The summed E-state index contributed by atoms with van der Waals surface area (Å²) in [5.41, 5.74) is 0.974. The second-order valence-corrected chi connectivity index (χ2v) is 8.42. The van der Waals surface area contributed by atoms with Crippen molar-refractivity contribution < 1.29 is 9.18 Å². The molecule has 1 heterocycles. The van der Waals surface area contributed by atoms with Crippen LogP contribution in [-0.4, -0.2) is 37.4 Å². The van der Waals surface area contributed by atoms with Crippen molar-refractivity contribution in [3.63, 3.8) is 0 Å². The third kappa shape index (κ3) is 4.69. The molecule has 7 heteroatoms. The molecule has 27 heavy (non-hydrogen) atoms. The molecule has 0 spiro atoms. The molecule has 0 saturated heterocycles. The minimum absolute atomic E-state index is 0.126. The Morgan fingerprint density at radius 2 is 1.89 bits per heavy atom. The average Bonchev–Trinajstić information content (AvgIpc) is 3.44. The van der Waals surface area contributed by atoms with Crippen LogP contribution in [0.2, 0.25) is 0 Å². The van der Waals surface area contributed by atoms with E-state index < -0.39 is 0 Å². The molecule has 0 N–H and O–H groups in total. The van der Waals surface area contributed by atoms with Crippen LogP contribution in [-0.2, 0) is 11.3 Å². The summed E-state index contributed by atoms with van der Waals surface area (Å²) in [4.78, 5) is 15.1. The van der Waals surface area contributed by atoms with Crippen molar-refractivity contribution in [2.45, 2.75) is 68.7 Å². The van der Waals surface area contributed by atoms with Crippen LogP contribution >= 0.6 is 11.8 Å². The number of benzene rings is 1. The summed E-state index contributed by atoms with van der Waals surface area (Å²) >= 11 is 1.47. The fraction of sp³-hybridized carbons (Fsp3) is 0.550. The van der Waals surface area contributed by atoms with E-state index in [9.17, 15) is 9.18 Å². The number of rotatable bonds is 7. The predicted octanol–water partition coefficient (Wildman–Crippen LogP) is 4.21. The molecule has 2 aromatic rings. The maximum absolute atomic E-state index is 13.2. The molecule has 0 bridgehead atoms. The lowest BCUT2D eigenvalue weighted by Gasteiger charge is -2.34. The molecular weight excluding hydrogens is 363 g/mol. The topological polar surface area (TPSA) is 51.0 Å². The normalized spacial score (nSPS) is 17.8. The highest BCUT2D eigenvalue weighted by molar-refractivity contribution is 7.99. The highest BCUT2D eigenvalue weighted by atomic mass is 32.2. The Balaban J connectivity index is 1.44. The second kappa shape index (κ2) is 8.42. The summed E-state index contributed by atoms with van der Waals surface area (Å²) < 4.78 is 15.3. The molecular formula is C20H25FN4OS. The Hall–Kier alpha value is -1.89. The Morgan fingerprint density at radius 3 is 2.59 bits per heavy atom. The Kier molecular flexibility index (Phi) is 5.76. The van der Waals surface area contributed by atoms with Gasteiger partial charge in [-0.2, -0.15) is 0 Å². The molecule has 0 aliphatic heterocycles. The monoisotopic (exact) mass is 388 g/mol. The van der Waals surface area contributed by atoms with Crippen molar-refractivity contribution in [1.82, 2.24) is 19.7 Å². The first-order valence-electron chi connectivity index (χ1n) is 9.77. The first-order valence-corrected chi connectivity index (χ1v) is 10.8. The van der Waals surface area contributed by atoms with Crippen molar-refractivity contribution in [3.8, 4) is 0 Å². The van der Waals surface area contributed by atoms with Crippen LogP contribution in [0.4, 0.5) is 4.39 Å². The summed E-state index contributed by atoms with van der Waals surface area (Å²) in [7, 11) is 0. The van der Waals surface area contributed by atoms with Gasteiger partial charge in [0.1, 0.15) is 12.1 Å². The zero-order valence-electron chi connectivity index (χ0n) is 15.4. The van der Waals surface area contributed by atoms with Gasteiger partial charge in [-0.15, -0.1) is 10.2 Å². The summed E-state index contributed by atoms with van der Waals surface area (Å²) in [6.45, 7) is 0.541. The summed E-state index contributed by atoms with van der Waals surface area (Å²) in [5.74, 6) is 0.245. The fourth-order valence-corrected chi connectivity index (χ4v) is 4.62. The van der Waals surface area contributed by atoms with E-state index in [0.29, 0.717) is 18.3 Å².